The molecule has 1 amide bonds. The third kappa shape index (κ3) is 4.22. The van der Waals surface area contributed by atoms with Gasteiger partial charge in [0.15, 0.2) is 0 Å². The molecule has 4 rings (SSSR count). The molecule has 2 N–H and O–H groups in total. The van der Waals surface area contributed by atoms with Crippen LogP contribution in [0.5, 0.6) is 0 Å². The number of hydrogen-bond acceptors (Lipinski definition) is 4. The van der Waals surface area contributed by atoms with E-state index < -0.39 is 0 Å². The zero-order chi connectivity index (χ0) is 16.5. The van der Waals surface area contributed by atoms with Crippen LogP contribution in [-0.4, -0.2) is 34.9 Å². The number of fused-ring (bicyclic) bond motifs is 1. The Kier molecular flexibility index (Phi) is 7.47. The van der Waals surface area contributed by atoms with Crippen molar-refractivity contribution in [3.05, 3.63) is 41.4 Å². The van der Waals surface area contributed by atoms with Gasteiger partial charge in [-0.2, -0.15) is 0 Å². The molecule has 1 saturated heterocycles. The predicted octanol–water partition coefficient (Wildman–Crippen LogP) is 4.14. The molecule has 0 saturated carbocycles. The van der Waals surface area contributed by atoms with Crippen molar-refractivity contribution in [3.8, 4) is 0 Å². The molecular formula is C19H25Cl2N3OS. The van der Waals surface area contributed by atoms with Crippen molar-refractivity contribution in [2.24, 2.45) is 11.7 Å². The normalized spacial score (nSPS) is 25.4. The lowest BCUT2D eigenvalue weighted by Crippen LogP contribution is -2.48. The van der Waals surface area contributed by atoms with Crippen molar-refractivity contribution in [2.75, 3.05) is 13.1 Å². The Bertz CT molecular complexity index is 746. The summed E-state index contributed by atoms with van der Waals surface area (Å²) in [6.45, 7) is 1.55. The summed E-state index contributed by atoms with van der Waals surface area (Å²) >= 11 is 1.73. The molecule has 0 bridgehead atoms. The molecule has 0 radical (unpaired) electrons. The van der Waals surface area contributed by atoms with Gasteiger partial charge in [0, 0.05) is 25.0 Å². The summed E-state index contributed by atoms with van der Waals surface area (Å²) in [7, 11) is 0. The molecule has 3 atom stereocenters. The van der Waals surface area contributed by atoms with Crippen LogP contribution in [0, 0.1) is 5.92 Å². The number of para-hydroxylation sites is 1. The van der Waals surface area contributed by atoms with Crippen molar-refractivity contribution < 1.29 is 4.79 Å². The number of nitrogens with two attached hydrogens (primary N) is 1. The van der Waals surface area contributed by atoms with E-state index in [-0.39, 0.29) is 48.6 Å². The van der Waals surface area contributed by atoms with E-state index in [2.05, 4.69) is 24.3 Å². The molecule has 2 aliphatic rings. The van der Waals surface area contributed by atoms with Crippen LogP contribution in [0.3, 0.4) is 0 Å². The zero-order valence-corrected chi connectivity index (χ0v) is 17.0. The van der Waals surface area contributed by atoms with Gasteiger partial charge in [-0.1, -0.05) is 24.3 Å². The fraction of sp³-hybridized carbons (Fsp3) is 0.474. The van der Waals surface area contributed by atoms with Crippen molar-refractivity contribution in [3.63, 3.8) is 0 Å². The number of benzene rings is 1. The number of likely N-dealkylation sites (tertiary alicyclic amines) is 1. The summed E-state index contributed by atoms with van der Waals surface area (Å²) in [4.78, 5) is 19.9. The van der Waals surface area contributed by atoms with Crippen molar-refractivity contribution in [2.45, 2.75) is 37.6 Å². The molecule has 3 unspecified atom stereocenters. The number of carbonyl (C=O) groups is 1. The predicted molar refractivity (Wildman–Crippen MR) is 113 cm³/mol. The van der Waals surface area contributed by atoms with Crippen LogP contribution in [0.2, 0.25) is 0 Å². The number of carbonyl (C=O) groups excluding carboxylic acids is 1. The second kappa shape index (κ2) is 9.18. The number of nitrogens with zero attached hydrogens (tertiary/aromatic N) is 2. The molecule has 4 nitrogen and oxygen atoms in total. The number of piperidine rings is 1. The van der Waals surface area contributed by atoms with E-state index in [1.165, 1.54) is 4.70 Å². The molecule has 1 aromatic carbocycles. The average Bonchev–Trinajstić information content (AvgIpc) is 3.05. The minimum Gasteiger partial charge on any atom is -0.341 e. The summed E-state index contributed by atoms with van der Waals surface area (Å²) in [5.74, 6) is 0.456. The Hall–Kier alpha value is -1.14. The van der Waals surface area contributed by atoms with Gasteiger partial charge in [0.1, 0.15) is 0 Å². The number of rotatable bonds is 2. The Morgan fingerprint density at radius 1 is 1.19 bits per heavy atom. The van der Waals surface area contributed by atoms with Gasteiger partial charge in [0.05, 0.1) is 21.1 Å². The molecule has 2 aromatic rings. The quantitative estimate of drug-likeness (QED) is 0.752. The smallest absolute Gasteiger partial charge is 0.226 e. The molecular weight excluding hydrogens is 389 g/mol. The Morgan fingerprint density at radius 2 is 1.96 bits per heavy atom. The summed E-state index contributed by atoms with van der Waals surface area (Å²) < 4.78 is 1.20. The fourth-order valence-corrected chi connectivity index (χ4v) is 5.00. The molecule has 26 heavy (non-hydrogen) atoms. The van der Waals surface area contributed by atoms with Gasteiger partial charge in [-0.05, 0) is 37.8 Å². The van der Waals surface area contributed by atoms with Crippen LogP contribution >= 0.6 is 36.2 Å². The number of hydrogen-bond donors (Lipinski definition) is 1. The lowest BCUT2D eigenvalue weighted by molar-refractivity contribution is -0.137. The minimum absolute atomic E-state index is 0. The third-order valence-electron chi connectivity index (χ3n) is 5.15. The highest BCUT2D eigenvalue weighted by Gasteiger charge is 2.35. The highest BCUT2D eigenvalue weighted by atomic mass is 35.5. The van der Waals surface area contributed by atoms with E-state index in [9.17, 15) is 4.79 Å². The van der Waals surface area contributed by atoms with Crippen molar-refractivity contribution in [1.82, 2.24) is 9.88 Å². The van der Waals surface area contributed by atoms with E-state index in [0.29, 0.717) is 6.54 Å². The molecule has 1 fully saturated rings. The first-order valence-corrected chi connectivity index (χ1v) is 9.59. The topological polar surface area (TPSA) is 59.2 Å². The SMILES string of the molecule is Cl.Cl.NC1CCCN(C(=O)C2CC=CCC2c2nc3ccccc3s2)C1. The van der Waals surface area contributed by atoms with Crippen LogP contribution in [0.25, 0.3) is 10.2 Å². The highest BCUT2D eigenvalue weighted by Crippen LogP contribution is 2.39. The summed E-state index contributed by atoms with van der Waals surface area (Å²) in [5, 5.41) is 1.10. The summed E-state index contributed by atoms with van der Waals surface area (Å²) in [6, 6.07) is 8.35. The van der Waals surface area contributed by atoms with Crippen LogP contribution in [-0.2, 0) is 4.79 Å². The van der Waals surface area contributed by atoms with E-state index >= 15 is 0 Å². The van der Waals surface area contributed by atoms with E-state index in [1.54, 1.807) is 11.3 Å². The molecule has 1 aliphatic carbocycles. The summed E-state index contributed by atoms with van der Waals surface area (Å²) in [5.41, 5.74) is 7.11. The van der Waals surface area contributed by atoms with Crippen LogP contribution < -0.4 is 5.73 Å². The van der Waals surface area contributed by atoms with Gasteiger partial charge in [-0.3, -0.25) is 4.79 Å². The number of halogens is 2. The third-order valence-corrected chi connectivity index (χ3v) is 6.32. The second-order valence-electron chi connectivity index (χ2n) is 6.86. The second-order valence-corrected chi connectivity index (χ2v) is 7.92. The molecule has 2 heterocycles. The first-order chi connectivity index (χ1) is 11.7. The lowest BCUT2D eigenvalue weighted by Gasteiger charge is -2.36. The molecule has 1 aromatic heterocycles. The monoisotopic (exact) mass is 413 g/mol. The van der Waals surface area contributed by atoms with Crippen molar-refractivity contribution in [1.29, 1.82) is 0 Å². The maximum Gasteiger partial charge on any atom is 0.226 e. The number of thiazole rings is 1. The standard InChI is InChI=1S/C19H23N3OS.2ClH/c20-13-6-5-11-22(12-13)19(23)15-8-2-1-7-14(15)18-21-16-9-3-4-10-17(16)24-18;;/h1-4,9-10,13-15H,5-8,11-12,20H2;2*1H. The Labute approximate surface area is 170 Å². The Morgan fingerprint density at radius 3 is 2.73 bits per heavy atom. The van der Waals surface area contributed by atoms with Crippen molar-refractivity contribution >= 4 is 52.3 Å². The van der Waals surface area contributed by atoms with E-state index in [0.717, 1.165) is 42.8 Å². The van der Waals surface area contributed by atoms with Gasteiger partial charge in [-0.15, -0.1) is 36.2 Å². The highest BCUT2D eigenvalue weighted by molar-refractivity contribution is 7.18. The fourth-order valence-electron chi connectivity index (χ4n) is 3.85. The first-order valence-electron chi connectivity index (χ1n) is 8.77. The number of allylic oxidation sites excluding steroid dienone is 2. The van der Waals surface area contributed by atoms with Crippen LogP contribution in [0.15, 0.2) is 36.4 Å². The molecule has 7 heteroatoms. The summed E-state index contributed by atoms with van der Waals surface area (Å²) in [6.07, 6.45) is 8.09. The number of aromatic nitrogens is 1. The largest absolute Gasteiger partial charge is 0.341 e. The average molecular weight is 414 g/mol. The van der Waals surface area contributed by atoms with Gasteiger partial charge in [-0.25, -0.2) is 4.98 Å². The van der Waals surface area contributed by atoms with Gasteiger partial charge >= 0.3 is 0 Å². The maximum absolute atomic E-state index is 13.1. The van der Waals surface area contributed by atoms with Gasteiger partial charge < -0.3 is 10.6 Å². The van der Waals surface area contributed by atoms with E-state index in [4.69, 9.17) is 10.7 Å². The van der Waals surface area contributed by atoms with Gasteiger partial charge in [0.25, 0.3) is 0 Å². The molecule has 142 valence electrons. The lowest BCUT2D eigenvalue weighted by atomic mass is 9.82. The number of amides is 1. The minimum atomic E-state index is 0. The first kappa shape index (κ1) is 21.2. The maximum atomic E-state index is 13.1. The molecule has 0 spiro atoms. The molecule has 1 aliphatic heterocycles. The Balaban J connectivity index is 0.00000121. The van der Waals surface area contributed by atoms with Gasteiger partial charge in [0.2, 0.25) is 5.91 Å². The van der Waals surface area contributed by atoms with E-state index in [1.807, 2.05) is 17.0 Å². The van der Waals surface area contributed by atoms with Crippen LogP contribution in [0.1, 0.15) is 36.6 Å². The zero-order valence-electron chi connectivity index (χ0n) is 14.5. The van der Waals surface area contributed by atoms with Crippen LogP contribution in [0.4, 0.5) is 0 Å².